The van der Waals surface area contributed by atoms with Crippen LogP contribution in [0.25, 0.3) is 0 Å². The Hall–Kier alpha value is -2.68. The van der Waals surface area contributed by atoms with Crippen LogP contribution in [-0.4, -0.2) is 36.6 Å². The van der Waals surface area contributed by atoms with Gasteiger partial charge in [0.2, 0.25) is 16.0 Å². The van der Waals surface area contributed by atoms with Gasteiger partial charge in [0.15, 0.2) is 0 Å². The van der Waals surface area contributed by atoms with E-state index in [9.17, 15) is 13.2 Å². The van der Waals surface area contributed by atoms with Crippen molar-refractivity contribution in [3.05, 3.63) is 46.8 Å². The fourth-order valence-corrected chi connectivity index (χ4v) is 4.48. The van der Waals surface area contributed by atoms with Crippen molar-refractivity contribution in [1.29, 1.82) is 0 Å². The smallest absolute Gasteiger partial charge is 0.267 e. The van der Waals surface area contributed by atoms with Gasteiger partial charge in [-0.2, -0.15) is 0 Å². The molecule has 1 aromatic carbocycles. The van der Waals surface area contributed by atoms with Gasteiger partial charge in [0.25, 0.3) is 5.91 Å². The standard InChI is InChI=1S/C17H21N5O3S/c1-10-7-11(2)19-17(18-10)21-20-16(23)13-5-6-15-14(9-13)8-12(3)22(15)26(4,24)25/h5-7,9,12H,8H2,1-4H3,(H,20,23)(H,18,19,21)/t12-/m0/s1. The van der Waals surface area contributed by atoms with Crippen molar-refractivity contribution in [3.63, 3.8) is 0 Å². The first-order valence-corrected chi connectivity index (χ1v) is 10.0. The first-order chi connectivity index (χ1) is 12.1. The monoisotopic (exact) mass is 375 g/mol. The second-order valence-corrected chi connectivity index (χ2v) is 8.37. The van der Waals surface area contributed by atoms with Crippen LogP contribution < -0.4 is 15.2 Å². The number of sulfonamides is 1. The Morgan fingerprint density at radius 1 is 1.19 bits per heavy atom. The van der Waals surface area contributed by atoms with Crippen LogP contribution in [0.15, 0.2) is 24.3 Å². The normalized spacial score (nSPS) is 16.3. The Kier molecular flexibility index (Phi) is 4.57. The molecule has 1 aliphatic rings. The van der Waals surface area contributed by atoms with Crippen molar-refractivity contribution in [3.8, 4) is 0 Å². The predicted octanol–water partition coefficient (Wildman–Crippen LogP) is 1.56. The molecule has 0 radical (unpaired) electrons. The molecule has 0 spiro atoms. The van der Waals surface area contributed by atoms with Gasteiger partial charge >= 0.3 is 0 Å². The van der Waals surface area contributed by atoms with Gasteiger partial charge in [0, 0.05) is 23.0 Å². The molecule has 2 N–H and O–H groups in total. The summed E-state index contributed by atoms with van der Waals surface area (Å²) in [6.07, 6.45) is 1.75. The zero-order valence-corrected chi connectivity index (χ0v) is 15.9. The number of fused-ring (bicyclic) bond motifs is 1. The maximum atomic E-state index is 12.4. The number of amides is 1. The van der Waals surface area contributed by atoms with Crippen molar-refractivity contribution in [2.24, 2.45) is 0 Å². The average molecular weight is 375 g/mol. The number of hydrogen-bond donors (Lipinski definition) is 2. The summed E-state index contributed by atoms with van der Waals surface area (Å²) in [4.78, 5) is 20.8. The van der Waals surface area contributed by atoms with E-state index in [0.29, 0.717) is 23.6 Å². The van der Waals surface area contributed by atoms with Crippen LogP contribution in [0.4, 0.5) is 11.6 Å². The number of nitrogens with one attached hydrogen (secondary N) is 2. The van der Waals surface area contributed by atoms with Crippen molar-refractivity contribution >= 4 is 27.6 Å². The molecule has 8 nitrogen and oxygen atoms in total. The Balaban J connectivity index is 1.77. The van der Waals surface area contributed by atoms with E-state index in [2.05, 4.69) is 20.8 Å². The maximum absolute atomic E-state index is 12.4. The molecule has 26 heavy (non-hydrogen) atoms. The first kappa shape index (κ1) is 18.1. The van der Waals surface area contributed by atoms with Crippen molar-refractivity contribution in [2.75, 3.05) is 16.0 Å². The number of aryl methyl sites for hydroxylation is 2. The highest BCUT2D eigenvalue weighted by Crippen LogP contribution is 2.34. The van der Waals surface area contributed by atoms with Crippen LogP contribution in [0.5, 0.6) is 0 Å². The molecule has 3 rings (SSSR count). The Morgan fingerprint density at radius 2 is 1.85 bits per heavy atom. The number of benzene rings is 1. The zero-order chi connectivity index (χ0) is 19.1. The third-order valence-electron chi connectivity index (χ3n) is 4.12. The molecule has 0 saturated carbocycles. The molecule has 1 atom stereocenters. The molecule has 138 valence electrons. The van der Waals surface area contributed by atoms with Gasteiger partial charge < -0.3 is 0 Å². The second kappa shape index (κ2) is 6.56. The lowest BCUT2D eigenvalue weighted by Gasteiger charge is -2.21. The van der Waals surface area contributed by atoms with Crippen LogP contribution >= 0.6 is 0 Å². The van der Waals surface area contributed by atoms with Crippen molar-refractivity contribution < 1.29 is 13.2 Å². The number of nitrogens with zero attached hydrogens (tertiary/aromatic N) is 3. The van der Waals surface area contributed by atoms with E-state index in [1.165, 1.54) is 10.6 Å². The minimum absolute atomic E-state index is 0.167. The number of rotatable bonds is 4. The van der Waals surface area contributed by atoms with Crippen molar-refractivity contribution in [1.82, 2.24) is 15.4 Å². The predicted molar refractivity (Wildman–Crippen MR) is 99.5 cm³/mol. The van der Waals surface area contributed by atoms with E-state index in [1.54, 1.807) is 18.2 Å². The molecule has 0 fully saturated rings. The number of carbonyl (C=O) groups excluding carboxylic acids is 1. The summed E-state index contributed by atoms with van der Waals surface area (Å²) in [5.74, 6) is -0.0325. The zero-order valence-electron chi connectivity index (χ0n) is 15.1. The fourth-order valence-electron chi connectivity index (χ4n) is 3.22. The molecule has 0 aliphatic carbocycles. The number of anilines is 2. The summed E-state index contributed by atoms with van der Waals surface area (Å²) in [7, 11) is -3.35. The van der Waals surface area contributed by atoms with Gasteiger partial charge in [-0.25, -0.2) is 18.4 Å². The summed E-state index contributed by atoms with van der Waals surface area (Å²) >= 11 is 0. The topological polar surface area (TPSA) is 104 Å². The quantitative estimate of drug-likeness (QED) is 0.786. The lowest BCUT2D eigenvalue weighted by atomic mass is 10.1. The van der Waals surface area contributed by atoms with E-state index < -0.39 is 10.0 Å². The summed E-state index contributed by atoms with van der Waals surface area (Å²) in [6.45, 7) is 5.54. The Bertz CT molecular complexity index is 954. The third-order valence-corrected chi connectivity index (χ3v) is 5.39. The van der Waals surface area contributed by atoms with E-state index >= 15 is 0 Å². The largest absolute Gasteiger partial charge is 0.269 e. The number of hydrazine groups is 1. The minimum Gasteiger partial charge on any atom is -0.267 e. The molecule has 2 aromatic rings. The minimum atomic E-state index is -3.35. The molecule has 0 bridgehead atoms. The fraction of sp³-hybridized carbons (Fsp3) is 0.353. The van der Waals surface area contributed by atoms with Gasteiger partial charge in [0.1, 0.15) is 0 Å². The van der Waals surface area contributed by atoms with Crippen LogP contribution in [0.2, 0.25) is 0 Å². The van der Waals surface area contributed by atoms with Crippen LogP contribution in [-0.2, 0) is 16.4 Å². The molecule has 9 heteroatoms. The summed E-state index contributed by atoms with van der Waals surface area (Å²) < 4.78 is 25.3. The van der Waals surface area contributed by atoms with Gasteiger partial charge in [-0.05, 0) is 57.0 Å². The number of aromatic nitrogens is 2. The second-order valence-electron chi connectivity index (χ2n) is 6.51. The lowest BCUT2D eigenvalue weighted by Crippen LogP contribution is -2.34. The third kappa shape index (κ3) is 3.62. The highest BCUT2D eigenvalue weighted by molar-refractivity contribution is 7.92. The molecular weight excluding hydrogens is 354 g/mol. The molecule has 2 heterocycles. The first-order valence-electron chi connectivity index (χ1n) is 8.16. The lowest BCUT2D eigenvalue weighted by molar-refractivity contribution is 0.0962. The highest BCUT2D eigenvalue weighted by atomic mass is 32.2. The highest BCUT2D eigenvalue weighted by Gasteiger charge is 2.32. The van der Waals surface area contributed by atoms with E-state index in [4.69, 9.17) is 0 Å². The molecular formula is C17H21N5O3S. The Labute approximate surface area is 152 Å². The maximum Gasteiger partial charge on any atom is 0.269 e. The molecule has 1 amide bonds. The van der Waals surface area contributed by atoms with Gasteiger partial charge in [0.05, 0.1) is 11.9 Å². The number of hydrogen-bond acceptors (Lipinski definition) is 6. The summed E-state index contributed by atoms with van der Waals surface area (Å²) in [5, 5.41) is 0. The molecule has 1 aliphatic heterocycles. The van der Waals surface area contributed by atoms with Crippen LogP contribution in [0.3, 0.4) is 0 Å². The molecule has 0 saturated heterocycles. The van der Waals surface area contributed by atoms with Gasteiger partial charge in [-0.3, -0.25) is 20.0 Å². The van der Waals surface area contributed by atoms with Crippen molar-refractivity contribution in [2.45, 2.75) is 33.2 Å². The summed E-state index contributed by atoms with van der Waals surface area (Å²) in [6, 6.07) is 6.66. The van der Waals surface area contributed by atoms with Crippen LogP contribution in [0, 0.1) is 13.8 Å². The van der Waals surface area contributed by atoms with E-state index in [0.717, 1.165) is 17.0 Å². The summed E-state index contributed by atoms with van der Waals surface area (Å²) in [5.41, 5.74) is 8.75. The Morgan fingerprint density at radius 3 is 2.46 bits per heavy atom. The SMILES string of the molecule is Cc1cc(C)nc(NNC(=O)c2ccc3c(c2)C[C@H](C)N3S(C)(=O)=O)n1. The molecule has 1 aromatic heterocycles. The van der Waals surface area contributed by atoms with E-state index in [-0.39, 0.29) is 11.9 Å². The average Bonchev–Trinajstić information content (AvgIpc) is 2.86. The van der Waals surface area contributed by atoms with E-state index in [1.807, 2.05) is 26.8 Å². The molecule has 0 unspecified atom stereocenters. The van der Waals surface area contributed by atoms with Gasteiger partial charge in [-0.1, -0.05) is 0 Å². The van der Waals surface area contributed by atoms with Gasteiger partial charge in [-0.15, -0.1) is 0 Å². The van der Waals surface area contributed by atoms with Crippen LogP contribution in [0.1, 0.15) is 34.2 Å². The number of carbonyl (C=O) groups is 1.